The predicted octanol–water partition coefficient (Wildman–Crippen LogP) is 3.72. The molecule has 5 N–H and O–H groups in total. The fourth-order valence-corrected chi connectivity index (χ4v) is 5.76. The summed E-state index contributed by atoms with van der Waals surface area (Å²) in [4.78, 5) is 18.7. The lowest BCUT2D eigenvalue weighted by molar-refractivity contribution is 0.148. The average Bonchev–Trinajstić information content (AvgIpc) is 3.27. The number of anilines is 2. The van der Waals surface area contributed by atoms with Crippen LogP contribution >= 0.6 is 11.3 Å². The zero-order valence-corrected chi connectivity index (χ0v) is 20.4. The van der Waals surface area contributed by atoms with E-state index in [4.69, 9.17) is 15.0 Å². The van der Waals surface area contributed by atoms with Gasteiger partial charge in [0.15, 0.2) is 0 Å². The second-order valence-corrected chi connectivity index (χ2v) is 10.4. The first-order valence-corrected chi connectivity index (χ1v) is 12.5. The van der Waals surface area contributed by atoms with Gasteiger partial charge >= 0.3 is 0 Å². The van der Waals surface area contributed by atoms with Gasteiger partial charge in [0.05, 0.1) is 34.8 Å². The van der Waals surface area contributed by atoms with Gasteiger partial charge in [-0.05, 0) is 57.6 Å². The number of aliphatic hydroxyl groups excluding tert-OH is 3. The van der Waals surface area contributed by atoms with Crippen LogP contribution in [0.4, 0.5) is 11.8 Å². The smallest absolute Gasteiger partial charge is 0.225 e. The summed E-state index contributed by atoms with van der Waals surface area (Å²) in [7, 11) is 0. The SMILES string of the molecule is Cc1cc2sc(-c3c(C)nc(N[C@H](C)C4CCC4)nc3N[C@@H]3CC(CO)=C(O)[C@H]3O)nc2cn1. The number of nitrogens with one attached hydrogen (secondary N) is 2. The van der Waals surface area contributed by atoms with Crippen molar-refractivity contribution in [2.75, 3.05) is 17.2 Å². The maximum absolute atomic E-state index is 10.6. The molecule has 0 spiro atoms. The van der Waals surface area contributed by atoms with E-state index in [-0.39, 0.29) is 18.4 Å². The van der Waals surface area contributed by atoms with E-state index in [9.17, 15) is 15.3 Å². The highest BCUT2D eigenvalue weighted by Gasteiger charge is 2.34. The number of nitrogens with zero attached hydrogens (tertiary/aromatic N) is 4. The van der Waals surface area contributed by atoms with E-state index in [1.165, 1.54) is 19.3 Å². The molecule has 0 bridgehead atoms. The molecule has 2 aliphatic rings. The van der Waals surface area contributed by atoms with E-state index >= 15 is 0 Å². The molecule has 3 aromatic heterocycles. The summed E-state index contributed by atoms with van der Waals surface area (Å²) in [5, 5.41) is 37.8. The Kier molecular flexibility index (Phi) is 6.13. The zero-order chi connectivity index (χ0) is 24.0. The number of aliphatic hydroxyl groups is 3. The topological polar surface area (TPSA) is 136 Å². The minimum absolute atomic E-state index is 0.175. The third-order valence-corrected chi connectivity index (χ3v) is 7.97. The van der Waals surface area contributed by atoms with Crippen molar-refractivity contribution in [1.29, 1.82) is 0 Å². The maximum atomic E-state index is 10.6. The fraction of sp³-hybridized carbons (Fsp3) is 0.500. The third-order valence-electron chi connectivity index (χ3n) is 6.93. The zero-order valence-electron chi connectivity index (χ0n) is 19.5. The molecule has 0 saturated heterocycles. The summed E-state index contributed by atoms with van der Waals surface area (Å²) in [6.07, 6.45) is 4.63. The number of aromatic nitrogens is 4. The Balaban J connectivity index is 1.53. The van der Waals surface area contributed by atoms with Crippen LogP contribution in [-0.2, 0) is 0 Å². The normalized spacial score (nSPS) is 21.7. The Morgan fingerprint density at radius 2 is 2.00 bits per heavy atom. The van der Waals surface area contributed by atoms with Crippen LogP contribution in [-0.4, -0.2) is 60.1 Å². The van der Waals surface area contributed by atoms with Crippen molar-refractivity contribution >= 4 is 33.3 Å². The molecule has 180 valence electrons. The summed E-state index contributed by atoms with van der Waals surface area (Å²) in [5.74, 6) is 1.50. The number of thiazole rings is 1. The van der Waals surface area contributed by atoms with Gasteiger partial charge in [0.2, 0.25) is 5.95 Å². The van der Waals surface area contributed by atoms with Crippen molar-refractivity contribution in [3.05, 3.63) is 35.0 Å². The van der Waals surface area contributed by atoms with E-state index < -0.39 is 12.1 Å². The Morgan fingerprint density at radius 3 is 2.68 bits per heavy atom. The second kappa shape index (κ2) is 9.09. The number of hydrogen-bond acceptors (Lipinski definition) is 10. The molecule has 34 heavy (non-hydrogen) atoms. The maximum Gasteiger partial charge on any atom is 0.225 e. The Morgan fingerprint density at radius 1 is 1.21 bits per heavy atom. The molecule has 0 aromatic carbocycles. The summed E-state index contributed by atoms with van der Waals surface area (Å²) in [6.45, 7) is 5.73. The molecule has 10 heteroatoms. The summed E-state index contributed by atoms with van der Waals surface area (Å²) in [6, 6.07) is 1.74. The van der Waals surface area contributed by atoms with E-state index in [0.29, 0.717) is 29.7 Å². The predicted molar refractivity (Wildman–Crippen MR) is 133 cm³/mol. The number of pyridine rings is 1. The first-order valence-electron chi connectivity index (χ1n) is 11.7. The molecule has 9 nitrogen and oxygen atoms in total. The van der Waals surface area contributed by atoms with Crippen molar-refractivity contribution in [2.24, 2.45) is 5.92 Å². The van der Waals surface area contributed by atoms with Gasteiger partial charge in [-0.1, -0.05) is 6.42 Å². The van der Waals surface area contributed by atoms with Gasteiger partial charge in [0.25, 0.3) is 0 Å². The van der Waals surface area contributed by atoms with Crippen LogP contribution in [0.15, 0.2) is 23.6 Å². The van der Waals surface area contributed by atoms with Gasteiger partial charge in [0, 0.05) is 11.7 Å². The molecule has 5 rings (SSSR count). The second-order valence-electron chi connectivity index (χ2n) is 9.34. The van der Waals surface area contributed by atoms with E-state index in [1.54, 1.807) is 17.5 Å². The largest absolute Gasteiger partial charge is 0.509 e. The van der Waals surface area contributed by atoms with Gasteiger partial charge in [0.1, 0.15) is 28.2 Å². The van der Waals surface area contributed by atoms with Gasteiger partial charge < -0.3 is 26.0 Å². The average molecular weight is 483 g/mol. The first kappa shape index (κ1) is 22.9. The molecule has 3 aromatic rings. The first-order chi connectivity index (χ1) is 16.3. The molecule has 0 aliphatic heterocycles. The number of fused-ring (bicyclic) bond motifs is 1. The molecule has 0 radical (unpaired) electrons. The minimum Gasteiger partial charge on any atom is -0.509 e. The highest BCUT2D eigenvalue weighted by Crippen LogP contribution is 2.38. The minimum atomic E-state index is -1.13. The molecule has 0 amide bonds. The van der Waals surface area contributed by atoms with Gasteiger partial charge in [-0.2, -0.15) is 4.98 Å². The molecule has 1 fully saturated rings. The highest BCUT2D eigenvalue weighted by atomic mass is 32.1. The fourth-order valence-electron chi connectivity index (χ4n) is 4.63. The number of hydrogen-bond donors (Lipinski definition) is 5. The number of aryl methyl sites for hydroxylation is 2. The van der Waals surface area contributed by atoms with E-state index in [1.807, 2.05) is 19.9 Å². The van der Waals surface area contributed by atoms with E-state index in [2.05, 4.69) is 22.5 Å². The van der Waals surface area contributed by atoms with Crippen molar-refractivity contribution in [1.82, 2.24) is 19.9 Å². The molecular formula is C24H30N6O3S. The van der Waals surface area contributed by atoms with Crippen LogP contribution in [0.1, 0.15) is 44.0 Å². The summed E-state index contributed by atoms with van der Waals surface area (Å²) >= 11 is 1.54. The Hall–Kier alpha value is -2.82. The Bertz CT molecular complexity index is 1250. The van der Waals surface area contributed by atoms with Crippen LogP contribution in [0.2, 0.25) is 0 Å². The highest BCUT2D eigenvalue weighted by molar-refractivity contribution is 7.21. The lowest BCUT2D eigenvalue weighted by atomic mass is 9.80. The molecule has 3 atom stereocenters. The van der Waals surface area contributed by atoms with Gasteiger partial charge in [-0.15, -0.1) is 11.3 Å². The van der Waals surface area contributed by atoms with Gasteiger partial charge in [-0.25, -0.2) is 9.97 Å². The third kappa shape index (κ3) is 4.21. The van der Waals surface area contributed by atoms with Crippen molar-refractivity contribution in [2.45, 2.75) is 64.6 Å². The van der Waals surface area contributed by atoms with Crippen LogP contribution < -0.4 is 10.6 Å². The lowest BCUT2D eigenvalue weighted by Crippen LogP contribution is -2.33. The van der Waals surface area contributed by atoms with E-state index in [0.717, 1.165) is 32.2 Å². The molecule has 0 unspecified atom stereocenters. The quantitative estimate of drug-likeness (QED) is 0.341. The lowest BCUT2D eigenvalue weighted by Gasteiger charge is -2.32. The van der Waals surface area contributed by atoms with Crippen LogP contribution in [0.3, 0.4) is 0 Å². The van der Waals surface area contributed by atoms with Crippen molar-refractivity contribution in [3.63, 3.8) is 0 Å². The summed E-state index contributed by atoms with van der Waals surface area (Å²) in [5.41, 5.74) is 3.67. The van der Waals surface area contributed by atoms with Crippen molar-refractivity contribution < 1.29 is 15.3 Å². The van der Waals surface area contributed by atoms with Crippen LogP contribution in [0.5, 0.6) is 0 Å². The summed E-state index contributed by atoms with van der Waals surface area (Å²) < 4.78 is 1.02. The van der Waals surface area contributed by atoms with Gasteiger partial charge in [-0.3, -0.25) is 4.98 Å². The standard InChI is InChI=1S/C24H30N6O3S/c1-11-7-18-17(9-25-11)29-23(34-18)19-13(3)27-24(26-12(2)14-5-4-6-14)30-22(19)28-16-8-15(10-31)20(32)21(16)33/h7,9,12,14,16,21,31-33H,4-6,8,10H2,1-3H3,(H2,26,27,28,30)/t12-,16-,21+/m1/s1. The van der Waals surface area contributed by atoms with Crippen LogP contribution in [0.25, 0.3) is 20.8 Å². The Labute approximate surface area is 202 Å². The number of rotatable bonds is 7. The molecule has 1 saturated carbocycles. The molecular weight excluding hydrogens is 452 g/mol. The molecule has 2 aliphatic carbocycles. The van der Waals surface area contributed by atoms with Crippen molar-refractivity contribution in [3.8, 4) is 10.6 Å². The molecule has 3 heterocycles. The monoisotopic (exact) mass is 482 g/mol. The van der Waals surface area contributed by atoms with Crippen LogP contribution in [0, 0.1) is 19.8 Å².